The van der Waals surface area contributed by atoms with E-state index in [-0.39, 0.29) is 0 Å². The Labute approximate surface area is 183 Å². The maximum atomic E-state index is 3.73. The maximum absolute atomic E-state index is 3.73. The second-order valence-electron chi connectivity index (χ2n) is 7.68. The molecule has 0 heterocycles. The van der Waals surface area contributed by atoms with Crippen molar-refractivity contribution in [1.29, 1.82) is 0 Å². The van der Waals surface area contributed by atoms with Crippen LogP contribution >= 0.6 is 0 Å². The lowest BCUT2D eigenvalue weighted by Gasteiger charge is -2.28. The topological polar surface area (TPSA) is 15.3 Å². The Kier molecular flexibility index (Phi) is 5.12. The van der Waals surface area contributed by atoms with Gasteiger partial charge in [-0.25, -0.2) is 0 Å². The summed E-state index contributed by atoms with van der Waals surface area (Å²) in [5.74, 6) is 0. The first kappa shape index (κ1) is 19.0. The van der Waals surface area contributed by atoms with E-state index in [1.165, 1.54) is 16.3 Å². The van der Waals surface area contributed by atoms with Gasteiger partial charge in [-0.1, -0.05) is 78.9 Å². The zero-order valence-electron chi connectivity index (χ0n) is 17.5. The molecule has 5 rings (SSSR count). The Bertz CT molecular complexity index is 1270. The van der Waals surface area contributed by atoms with E-state index >= 15 is 0 Å². The van der Waals surface area contributed by atoms with Crippen LogP contribution in [0.2, 0.25) is 0 Å². The second-order valence-corrected chi connectivity index (χ2v) is 7.68. The van der Waals surface area contributed by atoms with Crippen LogP contribution in [-0.2, 0) is 0 Å². The Morgan fingerprint density at radius 1 is 0.548 bits per heavy atom. The third-order valence-electron chi connectivity index (χ3n) is 5.45. The lowest BCUT2D eigenvalue weighted by atomic mass is 10.0. The fraction of sp³-hybridized carbons (Fsp3) is 0.0345. The number of aryl methyl sites for hydroxylation is 1. The van der Waals surface area contributed by atoms with E-state index < -0.39 is 0 Å². The van der Waals surface area contributed by atoms with Gasteiger partial charge in [0, 0.05) is 22.4 Å². The van der Waals surface area contributed by atoms with Crippen LogP contribution in [0.15, 0.2) is 121 Å². The normalized spacial score (nSPS) is 10.7. The van der Waals surface area contributed by atoms with Gasteiger partial charge in [0.1, 0.15) is 0 Å². The van der Waals surface area contributed by atoms with E-state index in [0.29, 0.717) is 0 Å². The van der Waals surface area contributed by atoms with Crippen LogP contribution < -0.4 is 10.2 Å². The molecule has 0 fully saturated rings. The van der Waals surface area contributed by atoms with Gasteiger partial charge in [-0.3, -0.25) is 0 Å². The van der Waals surface area contributed by atoms with Gasteiger partial charge in [0.15, 0.2) is 0 Å². The average molecular weight is 401 g/mol. The van der Waals surface area contributed by atoms with Gasteiger partial charge in [-0.15, -0.1) is 0 Å². The Balaban J connectivity index is 1.65. The van der Waals surface area contributed by atoms with Crippen LogP contribution in [-0.4, -0.2) is 0 Å². The van der Waals surface area contributed by atoms with Crippen LogP contribution in [0.25, 0.3) is 10.8 Å². The lowest BCUT2D eigenvalue weighted by molar-refractivity contribution is 1.28. The van der Waals surface area contributed by atoms with Crippen molar-refractivity contribution in [3.8, 4) is 0 Å². The number of rotatable bonds is 5. The van der Waals surface area contributed by atoms with E-state index in [4.69, 9.17) is 0 Å². The van der Waals surface area contributed by atoms with Crippen LogP contribution in [0.3, 0.4) is 0 Å². The van der Waals surface area contributed by atoms with Gasteiger partial charge in [-0.05, 0) is 60.3 Å². The first-order chi connectivity index (χ1) is 15.3. The number of hydrogen-bond acceptors (Lipinski definition) is 2. The highest BCUT2D eigenvalue weighted by atomic mass is 15.2. The van der Waals surface area contributed by atoms with Gasteiger partial charge in [0.2, 0.25) is 0 Å². The summed E-state index contributed by atoms with van der Waals surface area (Å²) in [5, 5.41) is 6.19. The molecule has 5 aromatic carbocycles. The largest absolute Gasteiger partial charge is 0.353 e. The molecule has 0 aromatic heterocycles. The summed E-state index contributed by atoms with van der Waals surface area (Å²) >= 11 is 0. The number of benzene rings is 5. The first-order valence-corrected chi connectivity index (χ1v) is 10.6. The number of nitrogens with one attached hydrogen (secondary N) is 1. The monoisotopic (exact) mass is 400 g/mol. The molecule has 0 aliphatic heterocycles. The fourth-order valence-electron chi connectivity index (χ4n) is 4.06. The molecule has 0 aliphatic rings. The molecule has 2 nitrogen and oxygen atoms in total. The van der Waals surface area contributed by atoms with Crippen molar-refractivity contribution >= 4 is 39.2 Å². The molecule has 0 amide bonds. The molecule has 0 saturated carbocycles. The Hall–Kier alpha value is -4.04. The van der Waals surface area contributed by atoms with Crippen LogP contribution in [0.5, 0.6) is 0 Å². The molecule has 1 N–H and O–H groups in total. The summed E-state index contributed by atoms with van der Waals surface area (Å²) in [7, 11) is 0. The Morgan fingerprint density at radius 3 is 1.84 bits per heavy atom. The zero-order valence-corrected chi connectivity index (χ0v) is 17.5. The van der Waals surface area contributed by atoms with Gasteiger partial charge in [0.25, 0.3) is 0 Å². The van der Waals surface area contributed by atoms with Crippen LogP contribution in [0.4, 0.5) is 28.4 Å². The summed E-state index contributed by atoms with van der Waals surface area (Å²) in [6, 6.07) is 42.4. The smallest absolute Gasteiger partial charge is 0.0696 e. The number of hydrogen-bond donors (Lipinski definition) is 1. The molecule has 0 saturated heterocycles. The average Bonchev–Trinajstić information content (AvgIpc) is 2.82. The van der Waals surface area contributed by atoms with Crippen molar-refractivity contribution in [1.82, 2.24) is 0 Å². The van der Waals surface area contributed by atoms with Gasteiger partial charge in [-0.2, -0.15) is 0 Å². The summed E-state index contributed by atoms with van der Waals surface area (Å²) in [6.45, 7) is 2.14. The third-order valence-corrected chi connectivity index (χ3v) is 5.45. The molecule has 0 radical (unpaired) electrons. The predicted molar refractivity (Wildman–Crippen MR) is 133 cm³/mol. The van der Waals surface area contributed by atoms with E-state index in [2.05, 4.69) is 138 Å². The summed E-state index contributed by atoms with van der Waals surface area (Å²) in [6.07, 6.45) is 0. The zero-order chi connectivity index (χ0) is 21.0. The minimum absolute atomic E-state index is 1.06. The SMILES string of the molecule is Cc1cc(Nc2ccccc2N(c2ccccc2)c2ccccc2)c2ccccc2c1. The molecule has 5 aromatic rings. The van der Waals surface area contributed by atoms with Crippen molar-refractivity contribution in [3.05, 3.63) is 127 Å². The molecule has 2 heteroatoms. The van der Waals surface area contributed by atoms with Crippen LogP contribution in [0, 0.1) is 6.92 Å². The highest BCUT2D eigenvalue weighted by Crippen LogP contribution is 2.40. The fourth-order valence-corrected chi connectivity index (χ4v) is 4.06. The molecule has 0 aliphatic carbocycles. The maximum Gasteiger partial charge on any atom is 0.0696 e. The molecular weight excluding hydrogens is 376 g/mol. The Morgan fingerprint density at radius 2 is 1.13 bits per heavy atom. The highest BCUT2D eigenvalue weighted by Gasteiger charge is 2.16. The van der Waals surface area contributed by atoms with Crippen molar-refractivity contribution < 1.29 is 0 Å². The van der Waals surface area contributed by atoms with Gasteiger partial charge in [0.05, 0.1) is 11.4 Å². The summed E-state index contributed by atoms with van der Waals surface area (Å²) in [5.41, 5.74) is 6.76. The number of fused-ring (bicyclic) bond motifs is 1. The quantitative estimate of drug-likeness (QED) is 0.319. The standard InChI is InChI=1S/C29H24N2/c1-22-20-23-12-8-9-17-26(23)28(21-22)30-27-18-10-11-19-29(27)31(24-13-4-2-5-14-24)25-15-6-3-7-16-25/h2-21,30H,1H3. The van der Waals surface area contributed by atoms with Crippen LogP contribution in [0.1, 0.15) is 5.56 Å². The number of nitrogens with zero attached hydrogens (tertiary/aromatic N) is 1. The molecule has 0 spiro atoms. The van der Waals surface area contributed by atoms with Crippen molar-refractivity contribution in [2.24, 2.45) is 0 Å². The van der Waals surface area contributed by atoms with Crippen molar-refractivity contribution in [2.45, 2.75) is 6.92 Å². The second kappa shape index (κ2) is 8.37. The first-order valence-electron chi connectivity index (χ1n) is 10.6. The van der Waals surface area contributed by atoms with E-state index in [0.717, 1.165) is 28.4 Å². The van der Waals surface area contributed by atoms with E-state index in [1.54, 1.807) is 0 Å². The van der Waals surface area contributed by atoms with Gasteiger partial charge >= 0.3 is 0 Å². The van der Waals surface area contributed by atoms with E-state index in [1.807, 2.05) is 0 Å². The van der Waals surface area contributed by atoms with Gasteiger partial charge < -0.3 is 10.2 Å². The molecule has 0 unspecified atom stereocenters. The lowest BCUT2D eigenvalue weighted by Crippen LogP contribution is -2.11. The minimum atomic E-state index is 1.06. The molecular formula is C29H24N2. The van der Waals surface area contributed by atoms with Crippen molar-refractivity contribution in [3.63, 3.8) is 0 Å². The molecule has 31 heavy (non-hydrogen) atoms. The predicted octanol–water partition coefficient (Wildman–Crippen LogP) is 8.36. The number of anilines is 5. The molecule has 0 bridgehead atoms. The third kappa shape index (κ3) is 3.88. The van der Waals surface area contributed by atoms with Crippen molar-refractivity contribution in [2.75, 3.05) is 10.2 Å². The van der Waals surface area contributed by atoms with E-state index in [9.17, 15) is 0 Å². The molecule has 0 atom stereocenters. The summed E-state index contributed by atoms with van der Waals surface area (Å²) < 4.78 is 0. The highest BCUT2D eigenvalue weighted by molar-refractivity contribution is 5.98. The summed E-state index contributed by atoms with van der Waals surface area (Å²) in [4.78, 5) is 2.29. The molecule has 150 valence electrons. The minimum Gasteiger partial charge on any atom is -0.353 e. The number of para-hydroxylation sites is 4.